The highest BCUT2D eigenvalue weighted by Gasteiger charge is 2.04. The van der Waals surface area contributed by atoms with Crippen molar-refractivity contribution in [1.82, 2.24) is 0 Å². The van der Waals surface area contributed by atoms with Crippen LogP contribution in [0.25, 0.3) is 0 Å². The Bertz CT molecular complexity index is 211. The molecule has 4 heteroatoms. The van der Waals surface area contributed by atoms with Gasteiger partial charge in [-0.05, 0) is 12.1 Å². The first-order valence-corrected chi connectivity index (χ1v) is 4.45. The van der Waals surface area contributed by atoms with E-state index in [4.69, 9.17) is 13.9 Å². The molecule has 1 atom stereocenters. The Morgan fingerprint density at radius 3 is 2.42 bits per heavy atom. The molecule has 0 amide bonds. The van der Waals surface area contributed by atoms with E-state index in [1.807, 2.05) is 30.3 Å². The number of methoxy groups -OCH3 is 1. The summed E-state index contributed by atoms with van der Waals surface area (Å²) in [6.07, 6.45) is 0. The summed E-state index contributed by atoms with van der Waals surface area (Å²) in [6.45, 7) is -0.570. The normalized spacial score (nSPS) is 12.8. The van der Waals surface area contributed by atoms with Crippen LogP contribution in [0.4, 0.5) is 0 Å². The van der Waals surface area contributed by atoms with E-state index in [9.17, 15) is 0 Å². The van der Waals surface area contributed by atoms with Gasteiger partial charge in [0.2, 0.25) is 0 Å². The van der Waals surface area contributed by atoms with Crippen molar-refractivity contribution >= 4 is 10.5 Å². The molecule has 0 fully saturated rings. The lowest BCUT2D eigenvalue weighted by Gasteiger charge is -2.15. The number of ether oxygens (including phenoxy) is 2. The Morgan fingerprint density at radius 1 is 1.25 bits per heavy atom. The first-order chi connectivity index (χ1) is 5.86. The molecule has 3 nitrogen and oxygen atoms in total. The fourth-order valence-electron chi connectivity index (χ4n) is 0.803. The number of hydrogen-bond acceptors (Lipinski definition) is 3. The maximum absolute atomic E-state index is 5.30. The summed E-state index contributed by atoms with van der Waals surface area (Å²) in [4.78, 5) is 0. The molecule has 1 aromatic carbocycles. The van der Waals surface area contributed by atoms with Crippen LogP contribution >= 0.6 is 0 Å². The fourth-order valence-corrected chi connectivity index (χ4v) is 1.09. The summed E-state index contributed by atoms with van der Waals surface area (Å²) < 4.78 is 15.2. The summed E-state index contributed by atoms with van der Waals surface area (Å²) in [5, 5.41) is 0. The molecule has 0 aliphatic rings. The standard InChI is InChI=1S/C8H12O3Si/c1-9-8(11-12)10-7-5-3-2-4-6-7/h2-6,8H,1,12H3. The van der Waals surface area contributed by atoms with E-state index in [-0.39, 0.29) is 0 Å². The highest BCUT2D eigenvalue weighted by molar-refractivity contribution is 5.98. The zero-order valence-corrected chi connectivity index (χ0v) is 9.19. The Hall–Kier alpha value is -0.843. The van der Waals surface area contributed by atoms with Crippen LogP contribution in [0.1, 0.15) is 0 Å². The van der Waals surface area contributed by atoms with E-state index in [1.54, 1.807) is 7.11 Å². The van der Waals surface area contributed by atoms with Crippen molar-refractivity contribution in [2.75, 3.05) is 7.11 Å². The zero-order valence-electron chi connectivity index (χ0n) is 7.19. The largest absolute Gasteiger partial charge is 0.442 e. The van der Waals surface area contributed by atoms with Crippen LogP contribution < -0.4 is 4.74 Å². The summed E-state index contributed by atoms with van der Waals surface area (Å²) in [6, 6.07) is 9.43. The zero-order chi connectivity index (χ0) is 8.81. The predicted molar refractivity (Wildman–Crippen MR) is 48.9 cm³/mol. The second kappa shape index (κ2) is 4.92. The minimum atomic E-state index is -0.570. The van der Waals surface area contributed by atoms with Gasteiger partial charge in [0.15, 0.2) is 10.5 Å². The Balaban J connectivity index is 2.51. The van der Waals surface area contributed by atoms with Crippen molar-refractivity contribution in [2.24, 2.45) is 0 Å². The van der Waals surface area contributed by atoms with Crippen LogP contribution in [0.5, 0.6) is 5.75 Å². The van der Waals surface area contributed by atoms with Crippen LogP contribution in [-0.2, 0) is 9.16 Å². The molecule has 0 saturated heterocycles. The van der Waals surface area contributed by atoms with Crippen molar-refractivity contribution in [1.29, 1.82) is 0 Å². The number of rotatable bonds is 4. The van der Waals surface area contributed by atoms with Gasteiger partial charge < -0.3 is 13.9 Å². The molecule has 0 aliphatic carbocycles. The van der Waals surface area contributed by atoms with Gasteiger partial charge in [-0.25, -0.2) is 0 Å². The first-order valence-electron chi connectivity index (χ1n) is 3.64. The lowest BCUT2D eigenvalue weighted by molar-refractivity contribution is -0.180. The van der Waals surface area contributed by atoms with E-state index < -0.39 is 6.48 Å². The van der Waals surface area contributed by atoms with Crippen LogP contribution in [0, 0.1) is 0 Å². The van der Waals surface area contributed by atoms with E-state index in [0.717, 1.165) is 5.75 Å². The lowest BCUT2D eigenvalue weighted by atomic mass is 10.3. The third kappa shape index (κ3) is 2.65. The Kier molecular flexibility index (Phi) is 3.79. The van der Waals surface area contributed by atoms with Gasteiger partial charge in [-0.3, -0.25) is 0 Å². The van der Waals surface area contributed by atoms with Gasteiger partial charge in [0.25, 0.3) is 0 Å². The fraction of sp³-hybridized carbons (Fsp3) is 0.250. The van der Waals surface area contributed by atoms with Crippen LogP contribution in [0.3, 0.4) is 0 Å². The average molecular weight is 184 g/mol. The van der Waals surface area contributed by atoms with Crippen LogP contribution in [0.15, 0.2) is 30.3 Å². The molecule has 1 unspecified atom stereocenters. The minimum Gasteiger partial charge on any atom is -0.442 e. The van der Waals surface area contributed by atoms with Gasteiger partial charge in [-0.1, -0.05) is 18.2 Å². The molecule has 0 bridgehead atoms. The van der Waals surface area contributed by atoms with Crippen LogP contribution in [-0.4, -0.2) is 24.1 Å². The van der Waals surface area contributed by atoms with Gasteiger partial charge in [0.05, 0.1) is 0 Å². The summed E-state index contributed by atoms with van der Waals surface area (Å²) in [7, 11) is 2.14. The Labute approximate surface area is 74.8 Å². The van der Waals surface area contributed by atoms with Gasteiger partial charge in [0.1, 0.15) is 5.75 Å². The van der Waals surface area contributed by atoms with E-state index in [0.29, 0.717) is 10.5 Å². The first kappa shape index (κ1) is 9.25. The van der Waals surface area contributed by atoms with E-state index >= 15 is 0 Å². The van der Waals surface area contributed by atoms with Crippen LogP contribution in [0.2, 0.25) is 0 Å². The number of para-hydroxylation sites is 1. The highest BCUT2D eigenvalue weighted by atomic mass is 28.2. The van der Waals surface area contributed by atoms with Gasteiger partial charge in [-0.15, -0.1) is 0 Å². The summed E-state index contributed by atoms with van der Waals surface area (Å²) in [5.41, 5.74) is 0. The maximum atomic E-state index is 5.30. The van der Waals surface area contributed by atoms with E-state index in [2.05, 4.69) is 0 Å². The molecular weight excluding hydrogens is 172 g/mol. The molecule has 0 N–H and O–H groups in total. The smallest absolute Gasteiger partial charge is 0.305 e. The summed E-state index contributed by atoms with van der Waals surface area (Å²) >= 11 is 0. The molecular formula is C8H12O3Si. The number of benzene rings is 1. The van der Waals surface area contributed by atoms with Crippen molar-refractivity contribution in [3.8, 4) is 5.75 Å². The quantitative estimate of drug-likeness (QED) is 0.497. The molecule has 0 radical (unpaired) electrons. The van der Waals surface area contributed by atoms with Crippen molar-refractivity contribution in [3.05, 3.63) is 30.3 Å². The topological polar surface area (TPSA) is 27.7 Å². The van der Waals surface area contributed by atoms with E-state index in [1.165, 1.54) is 0 Å². The molecule has 0 spiro atoms. The van der Waals surface area contributed by atoms with Crippen molar-refractivity contribution in [3.63, 3.8) is 0 Å². The molecule has 0 heterocycles. The van der Waals surface area contributed by atoms with Gasteiger partial charge in [-0.2, -0.15) is 0 Å². The predicted octanol–water partition coefficient (Wildman–Crippen LogP) is 0.292. The van der Waals surface area contributed by atoms with Crippen molar-refractivity contribution in [2.45, 2.75) is 6.48 Å². The molecule has 1 rings (SSSR count). The lowest BCUT2D eigenvalue weighted by Crippen LogP contribution is -2.21. The monoisotopic (exact) mass is 184 g/mol. The second-order valence-electron chi connectivity index (χ2n) is 2.19. The molecule has 1 aromatic rings. The maximum Gasteiger partial charge on any atom is 0.305 e. The SMILES string of the molecule is COC(O[SiH3])Oc1ccccc1. The third-order valence-corrected chi connectivity index (χ3v) is 1.75. The molecule has 0 aromatic heterocycles. The molecule has 0 saturated carbocycles. The molecule has 0 aliphatic heterocycles. The molecule has 12 heavy (non-hydrogen) atoms. The van der Waals surface area contributed by atoms with Crippen molar-refractivity contribution < 1.29 is 13.9 Å². The summed E-state index contributed by atoms with van der Waals surface area (Å²) in [5.74, 6) is 0.750. The second-order valence-corrected chi connectivity index (χ2v) is 2.66. The highest BCUT2D eigenvalue weighted by Crippen LogP contribution is 2.10. The third-order valence-electron chi connectivity index (χ3n) is 1.36. The minimum absolute atomic E-state index is 0.570. The Morgan fingerprint density at radius 2 is 1.92 bits per heavy atom. The van der Waals surface area contributed by atoms with Gasteiger partial charge in [0, 0.05) is 7.11 Å². The van der Waals surface area contributed by atoms with Gasteiger partial charge >= 0.3 is 6.48 Å². The molecule has 66 valence electrons. The average Bonchev–Trinajstić information content (AvgIpc) is 2.16. The number of hydrogen-bond donors (Lipinski definition) is 0.